The quantitative estimate of drug-likeness (QED) is 0.491. The van der Waals surface area contributed by atoms with Crippen LogP contribution in [0.15, 0.2) is 79.1 Å². The summed E-state index contributed by atoms with van der Waals surface area (Å²) < 4.78 is 0. The maximum atomic E-state index is 12.2. The van der Waals surface area contributed by atoms with E-state index in [9.17, 15) is 4.79 Å². The monoisotopic (exact) mass is 374 g/mol. The molecule has 0 saturated heterocycles. The van der Waals surface area contributed by atoms with Crippen molar-refractivity contribution in [2.45, 2.75) is 0 Å². The van der Waals surface area contributed by atoms with Crippen LogP contribution in [0.4, 0.5) is 16.3 Å². The fourth-order valence-corrected chi connectivity index (χ4v) is 3.04. The average Bonchev–Trinajstić information content (AvgIpc) is 2.70. The molecule has 0 aliphatic rings. The standard InChI is InChI=1S/C21H15ClN4O/c22-18-9-8-15(25-21(27)26-19-7-3-4-11-23-19)13-17(18)20-16-6-2-1-5-14(16)10-12-24-20/h1-13H,(H2,23,25,26,27). The van der Waals surface area contributed by atoms with E-state index in [-0.39, 0.29) is 6.03 Å². The summed E-state index contributed by atoms with van der Waals surface area (Å²) in [6.07, 6.45) is 3.37. The van der Waals surface area contributed by atoms with Crippen molar-refractivity contribution in [3.8, 4) is 11.3 Å². The molecule has 0 aliphatic carbocycles. The Bertz CT molecular complexity index is 1110. The molecule has 0 unspecified atom stereocenters. The van der Waals surface area contributed by atoms with Crippen molar-refractivity contribution in [1.29, 1.82) is 0 Å². The van der Waals surface area contributed by atoms with E-state index in [2.05, 4.69) is 20.6 Å². The number of aromatic nitrogens is 2. The molecule has 4 rings (SSSR count). The summed E-state index contributed by atoms with van der Waals surface area (Å²) in [5, 5.41) is 8.12. The zero-order valence-electron chi connectivity index (χ0n) is 14.2. The summed E-state index contributed by atoms with van der Waals surface area (Å²) in [4.78, 5) is 20.8. The summed E-state index contributed by atoms with van der Waals surface area (Å²) in [6.45, 7) is 0. The van der Waals surface area contributed by atoms with Crippen LogP contribution in [0.1, 0.15) is 0 Å². The molecule has 0 radical (unpaired) electrons. The molecule has 6 heteroatoms. The first-order chi connectivity index (χ1) is 13.2. The molecule has 2 aromatic carbocycles. The molecule has 4 aromatic rings. The van der Waals surface area contributed by atoms with Crippen molar-refractivity contribution in [1.82, 2.24) is 9.97 Å². The van der Waals surface area contributed by atoms with Gasteiger partial charge >= 0.3 is 6.03 Å². The van der Waals surface area contributed by atoms with Crippen molar-refractivity contribution in [2.24, 2.45) is 0 Å². The Morgan fingerprint density at radius 1 is 0.852 bits per heavy atom. The van der Waals surface area contributed by atoms with Gasteiger partial charge in [-0.3, -0.25) is 10.3 Å². The fourth-order valence-electron chi connectivity index (χ4n) is 2.83. The predicted molar refractivity (Wildman–Crippen MR) is 109 cm³/mol. The molecule has 27 heavy (non-hydrogen) atoms. The second kappa shape index (κ2) is 7.43. The minimum Gasteiger partial charge on any atom is -0.308 e. The minimum atomic E-state index is -0.382. The Morgan fingerprint density at radius 2 is 1.70 bits per heavy atom. The number of amides is 2. The number of benzene rings is 2. The number of hydrogen-bond acceptors (Lipinski definition) is 3. The molecule has 2 amide bonds. The third-order valence-electron chi connectivity index (χ3n) is 4.06. The lowest BCUT2D eigenvalue weighted by Crippen LogP contribution is -2.20. The molecule has 5 nitrogen and oxygen atoms in total. The molecule has 0 atom stereocenters. The summed E-state index contributed by atoms with van der Waals surface area (Å²) in [7, 11) is 0. The van der Waals surface area contributed by atoms with Gasteiger partial charge in [-0.25, -0.2) is 9.78 Å². The molecule has 2 N–H and O–H groups in total. The molecule has 0 spiro atoms. The van der Waals surface area contributed by atoms with E-state index in [1.54, 1.807) is 42.7 Å². The normalized spacial score (nSPS) is 10.6. The van der Waals surface area contributed by atoms with Gasteiger partial charge in [0.05, 0.1) is 10.7 Å². The number of pyridine rings is 2. The molecule has 132 valence electrons. The first kappa shape index (κ1) is 17.0. The fraction of sp³-hybridized carbons (Fsp3) is 0. The van der Waals surface area contributed by atoms with E-state index in [0.29, 0.717) is 16.5 Å². The molecule has 0 saturated carbocycles. The van der Waals surface area contributed by atoms with Gasteiger partial charge < -0.3 is 5.32 Å². The predicted octanol–water partition coefficient (Wildman–Crippen LogP) is 5.59. The number of carbonyl (C=O) groups is 1. The summed E-state index contributed by atoms with van der Waals surface area (Å²) in [6, 6.07) is 20.1. The van der Waals surface area contributed by atoms with Gasteiger partial charge in [0.15, 0.2) is 0 Å². The largest absolute Gasteiger partial charge is 0.324 e. The van der Waals surface area contributed by atoms with Crippen molar-refractivity contribution >= 4 is 39.9 Å². The highest BCUT2D eigenvalue weighted by Crippen LogP contribution is 2.33. The topological polar surface area (TPSA) is 66.9 Å². The lowest BCUT2D eigenvalue weighted by molar-refractivity contribution is 0.262. The second-order valence-electron chi connectivity index (χ2n) is 5.87. The summed E-state index contributed by atoms with van der Waals surface area (Å²) in [5.41, 5.74) is 2.13. The number of fused-ring (bicyclic) bond motifs is 1. The van der Waals surface area contributed by atoms with Gasteiger partial charge in [0, 0.05) is 29.0 Å². The maximum Gasteiger partial charge on any atom is 0.324 e. The zero-order chi connectivity index (χ0) is 18.6. The van der Waals surface area contributed by atoms with Gasteiger partial charge in [0.2, 0.25) is 0 Å². The number of halogens is 1. The van der Waals surface area contributed by atoms with Crippen LogP contribution in [0.25, 0.3) is 22.0 Å². The van der Waals surface area contributed by atoms with E-state index < -0.39 is 0 Å². The number of rotatable bonds is 3. The third-order valence-corrected chi connectivity index (χ3v) is 4.39. The molecule has 0 fully saturated rings. The van der Waals surface area contributed by atoms with E-state index in [1.807, 2.05) is 36.4 Å². The van der Waals surface area contributed by atoms with Crippen LogP contribution in [0.5, 0.6) is 0 Å². The van der Waals surface area contributed by atoms with Crippen molar-refractivity contribution in [3.63, 3.8) is 0 Å². The number of nitrogens with zero attached hydrogens (tertiary/aromatic N) is 2. The SMILES string of the molecule is O=C(Nc1ccc(Cl)c(-c2nccc3ccccc23)c1)Nc1ccccn1. The maximum absolute atomic E-state index is 12.2. The van der Waals surface area contributed by atoms with Crippen LogP contribution >= 0.6 is 11.6 Å². The lowest BCUT2D eigenvalue weighted by Gasteiger charge is -2.11. The van der Waals surface area contributed by atoms with E-state index in [0.717, 1.165) is 22.0 Å². The van der Waals surface area contributed by atoms with Gasteiger partial charge in [-0.2, -0.15) is 0 Å². The van der Waals surface area contributed by atoms with Gasteiger partial charge in [-0.15, -0.1) is 0 Å². The minimum absolute atomic E-state index is 0.382. The Kier molecular flexibility index (Phi) is 4.68. The Balaban J connectivity index is 1.64. The van der Waals surface area contributed by atoms with Gasteiger partial charge in [0.25, 0.3) is 0 Å². The zero-order valence-corrected chi connectivity index (χ0v) is 14.9. The smallest absolute Gasteiger partial charge is 0.308 e. The molecular weight excluding hydrogens is 360 g/mol. The highest BCUT2D eigenvalue weighted by Gasteiger charge is 2.11. The number of hydrogen-bond donors (Lipinski definition) is 2. The number of nitrogens with one attached hydrogen (secondary N) is 2. The number of urea groups is 1. The number of anilines is 2. The highest BCUT2D eigenvalue weighted by atomic mass is 35.5. The van der Waals surface area contributed by atoms with E-state index in [4.69, 9.17) is 11.6 Å². The van der Waals surface area contributed by atoms with Crippen molar-refractivity contribution in [2.75, 3.05) is 10.6 Å². The molecule has 0 bridgehead atoms. The van der Waals surface area contributed by atoms with Crippen LogP contribution in [0, 0.1) is 0 Å². The molecular formula is C21H15ClN4O. The van der Waals surface area contributed by atoms with Crippen molar-refractivity contribution < 1.29 is 4.79 Å². The van der Waals surface area contributed by atoms with E-state index in [1.165, 1.54) is 0 Å². The van der Waals surface area contributed by atoms with Gasteiger partial charge in [0.1, 0.15) is 5.82 Å². The first-order valence-electron chi connectivity index (χ1n) is 8.33. The van der Waals surface area contributed by atoms with Gasteiger partial charge in [-0.05, 0) is 41.8 Å². The van der Waals surface area contributed by atoms with Crippen LogP contribution in [0.3, 0.4) is 0 Å². The third kappa shape index (κ3) is 3.73. The Morgan fingerprint density at radius 3 is 2.56 bits per heavy atom. The van der Waals surface area contributed by atoms with E-state index >= 15 is 0 Å². The average molecular weight is 375 g/mol. The van der Waals surface area contributed by atoms with Crippen LogP contribution in [0.2, 0.25) is 5.02 Å². The van der Waals surface area contributed by atoms with Crippen molar-refractivity contribution in [3.05, 3.63) is 84.1 Å². The van der Waals surface area contributed by atoms with Crippen LogP contribution in [-0.4, -0.2) is 16.0 Å². The summed E-state index contributed by atoms with van der Waals surface area (Å²) in [5.74, 6) is 0.472. The van der Waals surface area contributed by atoms with Crippen LogP contribution in [-0.2, 0) is 0 Å². The number of carbonyl (C=O) groups excluding carboxylic acids is 1. The first-order valence-corrected chi connectivity index (χ1v) is 8.71. The molecule has 0 aliphatic heterocycles. The summed E-state index contributed by atoms with van der Waals surface area (Å²) >= 11 is 6.42. The Labute approximate surface area is 161 Å². The van der Waals surface area contributed by atoms with Crippen LogP contribution < -0.4 is 10.6 Å². The molecule has 2 heterocycles. The second-order valence-corrected chi connectivity index (χ2v) is 6.28. The van der Waals surface area contributed by atoms with Gasteiger partial charge in [-0.1, -0.05) is 41.9 Å². The lowest BCUT2D eigenvalue weighted by atomic mass is 10.0. The highest BCUT2D eigenvalue weighted by molar-refractivity contribution is 6.33. The Hall–Kier alpha value is -3.44. The molecule has 2 aromatic heterocycles.